The van der Waals surface area contributed by atoms with E-state index in [1.54, 1.807) is 0 Å². The second-order valence-corrected chi connectivity index (χ2v) is 13.0. The lowest BCUT2D eigenvalue weighted by Crippen LogP contribution is -2.57. The number of hydrogen-bond acceptors (Lipinski definition) is 5. The van der Waals surface area contributed by atoms with Gasteiger partial charge in [0, 0.05) is 52.7 Å². The molecule has 2 atom stereocenters. The molecule has 0 radical (unpaired) electrons. The van der Waals surface area contributed by atoms with Gasteiger partial charge in [0.15, 0.2) is 0 Å². The van der Waals surface area contributed by atoms with Crippen LogP contribution in [-0.4, -0.2) is 34.5 Å². The van der Waals surface area contributed by atoms with E-state index in [2.05, 4.69) is 53.3 Å². The lowest BCUT2D eigenvalue weighted by atomic mass is 9.68. The fraction of sp³-hybridized carbons (Fsp3) is 0.471. The molecule has 0 saturated heterocycles. The zero-order valence-corrected chi connectivity index (χ0v) is 24.9. The number of anilines is 1. The molecule has 1 spiro atoms. The number of ether oxygens (including phenoxy) is 1. The summed E-state index contributed by atoms with van der Waals surface area (Å²) >= 11 is 6.24. The van der Waals surface area contributed by atoms with Gasteiger partial charge in [-0.05, 0) is 86.3 Å². The lowest BCUT2D eigenvalue weighted by Gasteiger charge is -2.49. The van der Waals surface area contributed by atoms with Gasteiger partial charge in [0.05, 0.1) is 6.61 Å². The lowest BCUT2D eigenvalue weighted by molar-refractivity contribution is -0.124. The third-order valence-electron chi connectivity index (χ3n) is 9.73. The molecule has 216 valence electrons. The minimum Gasteiger partial charge on any atom is -0.493 e. The molecule has 0 bridgehead atoms. The van der Waals surface area contributed by atoms with Gasteiger partial charge in [-0.15, -0.1) is 0 Å². The Morgan fingerprint density at radius 2 is 1.98 bits per heavy atom. The highest BCUT2D eigenvalue weighted by Crippen LogP contribution is 2.51. The van der Waals surface area contributed by atoms with Crippen molar-refractivity contribution >= 4 is 23.2 Å². The Morgan fingerprint density at radius 3 is 2.76 bits per heavy atom. The molecule has 1 saturated carbocycles. The molecule has 1 amide bonds. The van der Waals surface area contributed by atoms with Gasteiger partial charge in [-0.25, -0.2) is 0 Å². The Kier molecular flexibility index (Phi) is 7.73. The topological polar surface area (TPSA) is 80.5 Å². The number of nitrogens with two attached hydrogens (primary N) is 1. The number of nitrogens with one attached hydrogen (secondary N) is 1. The Bertz CT molecular complexity index is 1420. The van der Waals surface area contributed by atoms with Gasteiger partial charge in [-0.3, -0.25) is 14.7 Å². The Balaban J connectivity index is 1.19. The summed E-state index contributed by atoms with van der Waals surface area (Å²) in [6.45, 7) is 7.06. The SMILES string of the molecule is C[C@@H](COc1ccnc2c1[C@H](C)CCC2)CN1Cc2ccccc2C12CCC(Nc1cccc(Cl)c1)(C(N)=O)CC2. The van der Waals surface area contributed by atoms with E-state index in [0.29, 0.717) is 36.3 Å². The number of halogens is 1. The average molecular weight is 573 g/mol. The van der Waals surface area contributed by atoms with Gasteiger partial charge in [0.25, 0.3) is 0 Å². The number of aryl methyl sites for hydroxylation is 1. The number of carbonyl (C=O) groups is 1. The molecule has 7 heteroatoms. The standard InChI is InChI=1S/C34H41ClN4O2/c1-23(22-41-30-13-18-37-29-12-5-7-24(2)31(29)30)20-39-21-25-8-3-4-11-28(25)34(39)16-14-33(15-17-34,32(36)40)38-27-10-6-9-26(35)19-27/h3-4,6,8-11,13,18-19,23-24,38H,5,7,12,14-17,20-22H2,1-2H3,(H2,36,40)/t23-,24-,33?,34?/m1/s1. The third kappa shape index (κ3) is 5.32. The van der Waals surface area contributed by atoms with E-state index in [9.17, 15) is 4.79 Å². The monoisotopic (exact) mass is 572 g/mol. The molecular weight excluding hydrogens is 532 g/mol. The molecule has 6 rings (SSSR count). The number of primary amides is 1. The summed E-state index contributed by atoms with van der Waals surface area (Å²) in [5.74, 6) is 1.52. The first kappa shape index (κ1) is 28.0. The second-order valence-electron chi connectivity index (χ2n) is 12.5. The molecule has 1 aliphatic heterocycles. The number of aromatic nitrogens is 1. The summed E-state index contributed by atoms with van der Waals surface area (Å²) < 4.78 is 6.49. The second kappa shape index (κ2) is 11.3. The summed E-state index contributed by atoms with van der Waals surface area (Å²) in [7, 11) is 0. The third-order valence-corrected chi connectivity index (χ3v) is 9.96. The molecule has 6 nitrogen and oxygen atoms in total. The maximum atomic E-state index is 12.9. The molecule has 1 fully saturated rings. The van der Waals surface area contributed by atoms with Crippen molar-refractivity contribution in [2.75, 3.05) is 18.5 Å². The van der Waals surface area contributed by atoms with E-state index in [1.165, 1.54) is 35.2 Å². The van der Waals surface area contributed by atoms with Gasteiger partial charge in [-0.2, -0.15) is 0 Å². The number of amides is 1. The van der Waals surface area contributed by atoms with Gasteiger partial charge >= 0.3 is 0 Å². The van der Waals surface area contributed by atoms with Crippen LogP contribution in [0.4, 0.5) is 5.69 Å². The van der Waals surface area contributed by atoms with Gasteiger partial charge in [0.2, 0.25) is 5.91 Å². The zero-order valence-electron chi connectivity index (χ0n) is 24.2. The molecule has 3 N–H and O–H groups in total. The fourth-order valence-electron chi connectivity index (χ4n) is 7.56. The first-order valence-electron chi connectivity index (χ1n) is 15.1. The molecule has 0 unspecified atom stereocenters. The molecule has 3 aliphatic rings. The number of carbonyl (C=O) groups excluding carboxylic acids is 1. The Morgan fingerprint density at radius 1 is 1.17 bits per heavy atom. The van der Waals surface area contributed by atoms with Crippen LogP contribution in [0.3, 0.4) is 0 Å². The normalized spacial score (nSPS) is 26.3. The van der Waals surface area contributed by atoms with E-state index < -0.39 is 5.54 Å². The van der Waals surface area contributed by atoms with Crippen molar-refractivity contribution in [3.8, 4) is 5.75 Å². The number of nitrogens with zero attached hydrogens (tertiary/aromatic N) is 2. The zero-order chi connectivity index (χ0) is 28.6. The highest BCUT2D eigenvalue weighted by molar-refractivity contribution is 6.30. The number of fused-ring (bicyclic) bond motifs is 3. The molecule has 2 aromatic carbocycles. The van der Waals surface area contributed by atoms with E-state index in [1.807, 2.05) is 36.5 Å². The van der Waals surface area contributed by atoms with Crippen LogP contribution in [0.25, 0.3) is 0 Å². The van der Waals surface area contributed by atoms with Crippen molar-refractivity contribution < 1.29 is 9.53 Å². The van der Waals surface area contributed by atoms with E-state index in [-0.39, 0.29) is 11.4 Å². The van der Waals surface area contributed by atoms with Crippen LogP contribution in [0.2, 0.25) is 5.02 Å². The van der Waals surface area contributed by atoms with Crippen LogP contribution in [0.15, 0.2) is 60.8 Å². The van der Waals surface area contributed by atoms with Crippen LogP contribution in [0.1, 0.15) is 80.7 Å². The minimum absolute atomic E-state index is 0.121. The van der Waals surface area contributed by atoms with Crippen molar-refractivity contribution in [2.45, 2.75) is 82.3 Å². The predicted molar refractivity (Wildman–Crippen MR) is 164 cm³/mol. The van der Waals surface area contributed by atoms with Gasteiger partial charge in [-0.1, -0.05) is 55.8 Å². The molecule has 3 aromatic rings. The Hall–Kier alpha value is -3.09. The summed E-state index contributed by atoms with van der Waals surface area (Å²) in [5, 5.41) is 4.12. The van der Waals surface area contributed by atoms with E-state index >= 15 is 0 Å². The number of benzene rings is 2. The summed E-state index contributed by atoms with van der Waals surface area (Å²) in [4.78, 5) is 20.2. The van der Waals surface area contributed by atoms with Crippen LogP contribution in [0, 0.1) is 5.92 Å². The quantitative estimate of drug-likeness (QED) is 0.310. The average Bonchev–Trinajstić information content (AvgIpc) is 3.25. The number of rotatable bonds is 8. The number of pyridine rings is 1. The molecular formula is C34H41ClN4O2. The largest absolute Gasteiger partial charge is 0.493 e. The van der Waals surface area contributed by atoms with Crippen molar-refractivity contribution in [1.29, 1.82) is 0 Å². The fourth-order valence-corrected chi connectivity index (χ4v) is 7.75. The summed E-state index contributed by atoms with van der Waals surface area (Å²) in [5.41, 5.74) is 11.3. The van der Waals surface area contributed by atoms with Crippen LogP contribution in [-0.2, 0) is 23.3 Å². The minimum atomic E-state index is -0.801. The van der Waals surface area contributed by atoms with Crippen molar-refractivity contribution in [3.05, 3.63) is 88.2 Å². The summed E-state index contributed by atoms with van der Waals surface area (Å²) in [6.07, 6.45) is 8.35. The van der Waals surface area contributed by atoms with Gasteiger partial charge in [0.1, 0.15) is 11.3 Å². The molecule has 41 heavy (non-hydrogen) atoms. The van der Waals surface area contributed by atoms with Crippen LogP contribution < -0.4 is 15.8 Å². The van der Waals surface area contributed by atoms with Crippen LogP contribution >= 0.6 is 11.6 Å². The molecule has 2 aliphatic carbocycles. The summed E-state index contributed by atoms with van der Waals surface area (Å²) in [6, 6.07) is 18.4. The maximum absolute atomic E-state index is 12.9. The number of hydrogen-bond donors (Lipinski definition) is 2. The highest BCUT2D eigenvalue weighted by Gasteiger charge is 2.52. The van der Waals surface area contributed by atoms with E-state index in [4.69, 9.17) is 22.1 Å². The maximum Gasteiger partial charge on any atom is 0.243 e. The molecule has 2 heterocycles. The molecule has 1 aromatic heterocycles. The van der Waals surface area contributed by atoms with Crippen molar-refractivity contribution in [2.24, 2.45) is 11.7 Å². The Labute approximate surface area is 248 Å². The first-order chi connectivity index (χ1) is 19.8. The van der Waals surface area contributed by atoms with Gasteiger partial charge < -0.3 is 15.8 Å². The van der Waals surface area contributed by atoms with Crippen molar-refractivity contribution in [1.82, 2.24) is 9.88 Å². The van der Waals surface area contributed by atoms with Crippen molar-refractivity contribution in [3.63, 3.8) is 0 Å². The highest BCUT2D eigenvalue weighted by atomic mass is 35.5. The predicted octanol–water partition coefficient (Wildman–Crippen LogP) is 6.81. The van der Waals surface area contributed by atoms with Crippen LogP contribution in [0.5, 0.6) is 5.75 Å². The smallest absolute Gasteiger partial charge is 0.243 e. The first-order valence-corrected chi connectivity index (χ1v) is 15.5. The van der Waals surface area contributed by atoms with E-state index in [0.717, 1.165) is 43.8 Å².